The van der Waals surface area contributed by atoms with Gasteiger partial charge in [-0.2, -0.15) is 0 Å². The molecule has 1 aliphatic heterocycles. The van der Waals surface area contributed by atoms with Crippen LogP contribution in [-0.4, -0.2) is 38.5 Å². The summed E-state index contributed by atoms with van der Waals surface area (Å²) >= 11 is 4.85. The Labute approximate surface area is 271 Å². The number of methoxy groups -OCH3 is 3. The van der Waals surface area contributed by atoms with E-state index in [2.05, 4.69) is 15.9 Å². The van der Waals surface area contributed by atoms with Crippen molar-refractivity contribution < 1.29 is 23.7 Å². The molecule has 0 bridgehead atoms. The van der Waals surface area contributed by atoms with Crippen molar-refractivity contribution in [1.82, 2.24) is 4.57 Å². The number of carbonyl (C=O) groups is 1. The van der Waals surface area contributed by atoms with Gasteiger partial charge >= 0.3 is 5.97 Å². The van der Waals surface area contributed by atoms with Crippen molar-refractivity contribution in [2.75, 3.05) is 27.9 Å². The molecule has 1 aromatic heterocycles. The predicted octanol–water partition coefficient (Wildman–Crippen LogP) is 5.88. The molecule has 228 valence electrons. The molecule has 8 nitrogen and oxygen atoms in total. The molecule has 0 fully saturated rings. The van der Waals surface area contributed by atoms with Crippen LogP contribution in [0.15, 0.2) is 98.7 Å². The van der Waals surface area contributed by atoms with E-state index in [4.69, 9.17) is 23.9 Å². The molecule has 45 heavy (non-hydrogen) atoms. The molecule has 0 saturated carbocycles. The first-order chi connectivity index (χ1) is 21.9. The molecule has 0 spiro atoms. The van der Waals surface area contributed by atoms with Gasteiger partial charge < -0.3 is 18.9 Å². The first kappa shape index (κ1) is 30.4. The lowest BCUT2D eigenvalue weighted by Gasteiger charge is -2.28. The fraction of sp³-hybridized carbons (Fsp3) is 0.171. The molecular formula is C35H29BrN2O6S. The highest BCUT2D eigenvalue weighted by Crippen LogP contribution is 2.42. The van der Waals surface area contributed by atoms with Gasteiger partial charge in [0.25, 0.3) is 5.56 Å². The Morgan fingerprint density at radius 2 is 1.62 bits per heavy atom. The van der Waals surface area contributed by atoms with Crippen LogP contribution in [0.3, 0.4) is 0 Å². The van der Waals surface area contributed by atoms with E-state index in [0.717, 1.165) is 20.8 Å². The van der Waals surface area contributed by atoms with Gasteiger partial charge in [0.15, 0.2) is 16.3 Å². The number of ether oxygens (including phenoxy) is 4. The molecule has 0 unspecified atom stereocenters. The van der Waals surface area contributed by atoms with E-state index in [1.807, 2.05) is 66.7 Å². The summed E-state index contributed by atoms with van der Waals surface area (Å²) in [6.07, 6.45) is 1.78. The van der Waals surface area contributed by atoms with Crippen LogP contribution in [0.2, 0.25) is 0 Å². The third-order valence-corrected chi connectivity index (χ3v) is 9.26. The normalized spacial score (nSPS) is 14.6. The summed E-state index contributed by atoms with van der Waals surface area (Å²) in [7, 11) is 4.70. The number of hydrogen-bond acceptors (Lipinski definition) is 8. The molecule has 1 aliphatic rings. The Morgan fingerprint density at radius 3 is 2.33 bits per heavy atom. The van der Waals surface area contributed by atoms with Crippen molar-refractivity contribution in [2.45, 2.75) is 13.0 Å². The fourth-order valence-electron chi connectivity index (χ4n) is 5.57. The smallest absolute Gasteiger partial charge is 0.338 e. The van der Waals surface area contributed by atoms with Crippen LogP contribution in [0.25, 0.3) is 22.5 Å². The first-order valence-electron chi connectivity index (χ1n) is 14.2. The highest BCUT2D eigenvalue weighted by atomic mass is 79.9. The van der Waals surface area contributed by atoms with Crippen molar-refractivity contribution in [1.29, 1.82) is 0 Å². The Hall–Kier alpha value is -4.67. The Kier molecular flexibility index (Phi) is 8.60. The zero-order chi connectivity index (χ0) is 31.7. The van der Waals surface area contributed by atoms with Gasteiger partial charge in [-0.3, -0.25) is 9.36 Å². The summed E-state index contributed by atoms with van der Waals surface area (Å²) < 4.78 is 25.2. The van der Waals surface area contributed by atoms with E-state index in [-0.39, 0.29) is 17.7 Å². The molecular weight excluding hydrogens is 656 g/mol. The van der Waals surface area contributed by atoms with Gasteiger partial charge in [0.2, 0.25) is 0 Å². The zero-order valence-electron chi connectivity index (χ0n) is 25.0. The molecule has 2 heterocycles. The van der Waals surface area contributed by atoms with Crippen molar-refractivity contribution in [3.63, 3.8) is 0 Å². The fourth-order valence-corrected chi connectivity index (χ4v) is 7.00. The molecule has 0 saturated heterocycles. The van der Waals surface area contributed by atoms with Crippen LogP contribution >= 0.6 is 27.3 Å². The molecule has 0 N–H and O–H groups in total. The average molecular weight is 686 g/mol. The van der Waals surface area contributed by atoms with Crippen LogP contribution < -0.4 is 29.1 Å². The summed E-state index contributed by atoms with van der Waals surface area (Å²) in [6, 6.07) is 23.8. The number of nitrogens with zero attached hydrogens (tertiary/aromatic N) is 2. The second-order valence-electron chi connectivity index (χ2n) is 10.1. The Balaban J connectivity index is 1.73. The Bertz CT molecular complexity index is 2150. The molecule has 4 aromatic carbocycles. The quantitative estimate of drug-likeness (QED) is 0.190. The van der Waals surface area contributed by atoms with Crippen molar-refractivity contribution in [2.24, 2.45) is 4.99 Å². The number of esters is 1. The lowest BCUT2D eigenvalue weighted by Crippen LogP contribution is -2.40. The number of halogens is 1. The standard InChI is InChI=1S/C35H29BrN2O6S/c1-5-44-34(40)30-31(21-12-7-6-8-13-21)37-35-38(32(30)29-23-14-10-9-11-20(23)15-16-25(29)41-2)33(39)28(45-35)18-22-17-26(42-3)27(43-4)19-24(22)36/h6-19,32H,5H2,1-4H3/t32-/m1/s1. The van der Waals surface area contributed by atoms with Crippen LogP contribution in [0.1, 0.15) is 29.7 Å². The molecule has 1 atom stereocenters. The second kappa shape index (κ2) is 12.7. The maximum Gasteiger partial charge on any atom is 0.338 e. The van der Waals surface area contributed by atoms with E-state index in [1.165, 1.54) is 11.3 Å². The number of fused-ring (bicyclic) bond motifs is 2. The van der Waals surface area contributed by atoms with E-state index in [0.29, 0.717) is 43.4 Å². The van der Waals surface area contributed by atoms with E-state index < -0.39 is 12.0 Å². The molecule has 5 aromatic rings. The topological polar surface area (TPSA) is 88.4 Å². The van der Waals surface area contributed by atoms with Crippen LogP contribution in [-0.2, 0) is 9.53 Å². The van der Waals surface area contributed by atoms with Gasteiger partial charge in [-0.25, -0.2) is 9.79 Å². The third-order valence-electron chi connectivity index (χ3n) is 7.59. The Morgan fingerprint density at radius 1 is 0.933 bits per heavy atom. The van der Waals surface area contributed by atoms with Gasteiger partial charge in [-0.15, -0.1) is 0 Å². The third kappa shape index (κ3) is 5.44. The van der Waals surface area contributed by atoms with Crippen LogP contribution in [0.4, 0.5) is 0 Å². The molecule has 0 radical (unpaired) electrons. The lowest BCUT2D eigenvalue weighted by atomic mass is 9.89. The predicted molar refractivity (Wildman–Crippen MR) is 179 cm³/mol. The summed E-state index contributed by atoms with van der Waals surface area (Å²) in [5.74, 6) is 1.05. The summed E-state index contributed by atoms with van der Waals surface area (Å²) in [5, 5.41) is 1.78. The average Bonchev–Trinajstić information content (AvgIpc) is 3.38. The number of aromatic nitrogens is 1. The number of benzene rings is 4. The minimum atomic E-state index is -0.896. The van der Waals surface area contributed by atoms with Gasteiger partial charge in [0.05, 0.1) is 43.7 Å². The van der Waals surface area contributed by atoms with Gasteiger partial charge in [-0.05, 0) is 47.5 Å². The van der Waals surface area contributed by atoms with Gasteiger partial charge in [0.1, 0.15) is 11.8 Å². The summed E-state index contributed by atoms with van der Waals surface area (Å²) in [6.45, 7) is 1.91. The van der Waals surface area contributed by atoms with Gasteiger partial charge in [0, 0.05) is 15.6 Å². The maximum absolute atomic E-state index is 14.5. The summed E-state index contributed by atoms with van der Waals surface area (Å²) in [4.78, 5) is 33.9. The monoisotopic (exact) mass is 684 g/mol. The number of thiazole rings is 1. The minimum Gasteiger partial charge on any atom is -0.496 e. The van der Waals surface area contributed by atoms with Crippen molar-refractivity contribution >= 4 is 55.8 Å². The number of hydrogen-bond donors (Lipinski definition) is 0. The maximum atomic E-state index is 14.5. The first-order valence-corrected chi connectivity index (χ1v) is 15.8. The highest BCUT2D eigenvalue weighted by Gasteiger charge is 2.37. The van der Waals surface area contributed by atoms with Gasteiger partial charge in [-0.1, -0.05) is 87.9 Å². The van der Waals surface area contributed by atoms with Crippen LogP contribution in [0, 0.1) is 0 Å². The van der Waals surface area contributed by atoms with E-state index >= 15 is 0 Å². The largest absolute Gasteiger partial charge is 0.496 e. The molecule has 0 aliphatic carbocycles. The van der Waals surface area contributed by atoms with E-state index in [1.54, 1.807) is 51.0 Å². The van der Waals surface area contributed by atoms with E-state index in [9.17, 15) is 9.59 Å². The number of rotatable bonds is 8. The zero-order valence-corrected chi connectivity index (χ0v) is 27.4. The SMILES string of the molecule is CCOC(=O)C1=C(c2ccccc2)N=c2sc(=Cc3cc(OC)c(OC)cc3Br)c(=O)n2[C@@H]1c1c(OC)ccc2ccccc12. The van der Waals surface area contributed by atoms with Crippen molar-refractivity contribution in [3.05, 3.63) is 125 Å². The molecule has 0 amide bonds. The second-order valence-corrected chi connectivity index (χ2v) is 11.9. The summed E-state index contributed by atoms with van der Waals surface area (Å²) in [5.41, 5.74) is 2.49. The number of carbonyl (C=O) groups excluding carboxylic acids is 1. The van der Waals surface area contributed by atoms with Crippen LogP contribution in [0.5, 0.6) is 17.2 Å². The lowest BCUT2D eigenvalue weighted by molar-refractivity contribution is -0.138. The highest BCUT2D eigenvalue weighted by molar-refractivity contribution is 9.10. The van der Waals surface area contributed by atoms with Crippen molar-refractivity contribution in [3.8, 4) is 17.2 Å². The molecule has 6 rings (SSSR count). The minimum absolute atomic E-state index is 0.154. The molecule has 10 heteroatoms.